The molecule has 0 aliphatic carbocycles. The molecule has 9 heteroatoms. The SMILES string of the molecule is CC[C@@H](C)NC(=O)c1ccccc1NC(=O)CN(C)S(=O)(=O)c1ccc(Cl)cc1. The van der Waals surface area contributed by atoms with Crippen molar-refractivity contribution in [1.29, 1.82) is 0 Å². The summed E-state index contributed by atoms with van der Waals surface area (Å²) in [4.78, 5) is 24.9. The number of sulfonamides is 1. The average molecular weight is 438 g/mol. The van der Waals surface area contributed by atoms with Crippen LogP contribution < -0.4 is 10.6 Å². The quantitative estimate of drug-likeness (QED) is 0.663. The molecule has 0 saturated heterocycles. The van der Waals surface area contributed by atoms with Crippen LogP contribution >= 0.6 is 11.6 Å². The van der Waals surface area contributed by atoms with Crippen LogP contribution in [0.25, 0.3) is 0 Å². The zero-order chi connectivity index (χ0) is 21.6. The molecule has 2 N–H and O–H groups in total. The first-order valence-corrected chi connectivity index (χ1v) is 10.9. The number of amides is 2. The van der Waals surface area contributed by atoms with Gasteiger partial charge < -0.3 is 10.6 Å². The Labute approximate surface area is 176 Å². The number of likely N-dealkylation sites (N-methyl/N-ethyl adjacent to an activating group) is 1. The second-order valence-corrected chi connectivity index (χ2v) is 9.07. The van der Waals surface area contributed by atoms with Crippen LogP contribution in [0.2, 0.25) is 5.02 Å². The van der Waals surface area contributed by atoms with Crippen molar-refractivity contribution in [2.45, 2.75) is 31.2 Å². The normalized spacial score (nSPS) is 12.4. The van der Waals surface area contributed by atoms with Crippen molar-refractivity contribution in [2.75, 3.05) is 18.9 Å². The van der Waals surface area contributed by atoms with Gasteiger partial charge in [-0.2, -0.15) is 4.31 Å². The van der Waals surface area contributed by atoms with Crippen LogP contribution in [0.1, 0.15) is 30.6 Å². The van der Waals surface area contributed by atoms with Crippen molar-refractivity contribution in [1.82, 2.24) is 9.62 Å². The zero-order valence-corrected chi connectivity index (χ0v) is 18.0. The van der Waals surface area contributed by atoms with Crippen molar-refractivity contribution in [2.24, 2.45) is 0 Å². The van der Waals surface area contributed by atoms with E-state index in [2.05, 4.69) is 10.6 Å². The maximum absolute atomic E-state index is 12.6. The van der Waals surface area contributed by atoms with Gasteiger partial charge in [-0.25, -0.2) is 8.42 Å². The first-order chi connectivity index (χ1) is 13.6. The highest BCUT2D eigenvalue weighted by Gasteiger charge is 2.23. The summed E-state index contributed by atoms with van der Waals surface area (Å²) < 4.78 is 26.1. The summed E-state index contributed by atoms with van der Waals surface area (Å²) in [7, 11) is -2.54. The van der Waals surface area contributed by atoms with Crippen molar-refractivity contribution >= 4 is 39.1 Å². The molecule has 7 nitrogen and oxygen atoms in total. The number of para-hydroxylation sites is 1. The van der Waals surface area contributed by atoms with Gasteiger partial charge in [0, 0.05) is 18.1 Å². The lowest BCUT2D eigenvalue weighted by Gasteiger charge is -2.18. The Morgan fingerprint density at radius 2 is 1.72 bits per heavy atom. The summed E-state index contributed by atoms with van der Waals surface area (Å²) in [6, 6.07) is 12.2. The van der Waals surface area contributed by atoms with Gasteiger partial charge in [0.1, 0.15) is 0 Å². The van der Waals surface area contributed by atoms with Crippen LogP contribution in [0.15, 0.2) is 53.4 Å². The number of carbonyl (C=O) groups excluding carboxylic acids is 2. The number of carbonyl (C=O) groups is 2. The molecule has 156 valence electrons. The van der Waals surface area contributed by atoms with E-state index in [0.717, 1.165) is 10.7 Å². The molecule has 0 spiro atoms. The highest BCUT2D eigenvalue weighted by molar-refractivity contribution is 7.89. The number of nitrogens with zero attached hydrogens (tertiary/aromatic N) is 1. The second-order valence-electron chi connectivity index (χ2n) is 6.59. The Kier molecular flexibility index (Phi) is 7.78. The minimum atomic E-state index is -3.85. The highest BCUT2D eigenvalue weighted by atomic mass is 35.5. The Bertz CT molecular complexity index is 977. The van der Waals surface area contributed by atoms with Crippen LogP contribution in [0.5, 0.6) is 0 Å². The number of benzene rings is 2. The van der Waals surface area contributed by atoms with Gasteiger partial charge in [-0.05, 0) is 49.7 Å². The first kappa shape index (κ1) is 22.9. The smallest absolute Gasteiger partial charge is 0.253 e. The van der Waals surface area contributed by atoms with E-state index in [1.807, 2.05) is 13.8 Å². The average Bonchev–Trinajstić information content (AvgIpc) is 2.68. The molecule has 0 aliphatic rings. The molecule has 29 heavy (non-hydrogen) atoms. The van der Waals surface area contributed by atoms with Gasteiger partial charge in [0.25, 0.3) is 5.91 Å². The molecule has 0 heterocycles. The maximum atomic E-state index is 12.6. The fraction of sp³-hybridized carbons (Fsp3) is 0.300. The van der Waals surface area contributed by atoms with E-state index in [9.17, 15) is 18.0 Å². The number of nitrogens with one attached hydrogen (secondary N) is 2. The van der Waals surface area contributed by atoms with Gasteiger partial charge >= 0.3 is 0 Å². The third-order valence-corrected chi connectivity index (χ3v) is 6.39. The summed E-state index contributed by atoms with van der Waals surface area (Å²) in [5.41, 5.74) is 0.625. The van der Waals surface area contributed by atoms with Crippen molar-refractivity contribution in [3.8, 4) is 0 Å². The van der Waals surface area contributed by atoms with Crippen molar-refractivity contribution in [3.05, 3.63) is 59.1 Å². The van der Waals surface area contributed by atoms with E-state index in [0.29, 0.717) is 16.3 Å². The predicted molar refractivity (Wildman–Crippen MR) is 114 cm³/mol. The summed E-state index contributed by atoms with van der Waals surface area (Å²) in [6.45, 7) is 3.43. The van der Waals surface area contributed by atoms with E-state index in [4.69, 9.17) is 11.6 Å². The van der Waals surface area contributed by atoms with Crippen molar-refractivity contribution in [3.63, 3.8) is 0 Å². The lowest BCUT2D eigenvalue weighted by Crippen LogP contribution is -2.36. The molecule has 0 bridgehead atoms. The molecule has 2 rings (SSSR count). The molecule has 2 amide bonds. The lowest BCUT2D eigenvalue weighted by atomic mass is 10.1. The number of anilines is 1. The monoisotopic (exact) mass is 437 g/mol. The number of hydrogen-bond acceptors (Lipinski definition) is 4. The molecule has 0 radical (unpaired) electrons. The number of hydrogen-bond donors (Lipinski definition) is 2. The maximum Gasteiger partial charge on any atom is 0.253 e. The molecule has 0 fully saturated rings. The van der Waals surface area contributed by atoms with Crippen LogP contribution in [0.3, 0.4) is 0 Å². The van der Waals surface area contributed by atoms with Gasteiger partial charge in [-0.1, -0.05) is 30.7 Å². The summed E-state index contributed by atoms with van der Waals surface area (Å²) in [5, 5.41) is 5.88. The fourth-order valence-corrected chi connectivity index (χ4v) is 3.71. The summed E-state index contributed by atoms with van der Waals surface area (Å²) in [6.07, 6.45) is 0.771. The van der Waals surface area contributed by atoms with Gasteiger partial charge in [-0.15, -0.1) is 0 Å². The second kappa shape index (κ2) is 9.87. The number of rotatable bonds is 8. The summed E-state index contributed by atoms with van der Waals surface area (Å²) >= 11 is 5.79. The minimum absolute atomic E-state index is 0.0121. The van der Waals surface area contributed by atoms with Crippen LogP contribution in [-0.4, -0.2) is 44.2 Å². The van der Waals surface area contributed by atoms with E-state index < -0.39 is 22.5 Å². The highest BCUT2D eigenvalue weighted by Crippen LogP contribution is 2.18. The van der Waals surface area contributed by atoms with E-state index in [-0.39, 0.29) is 16.8 Å². The molecule has 2 aromatic rings. The standard InChI is InChI=1S/C20H24ClN3O4S/c1-4-14(2)22-20(26)17-7-5-6-8-18(17)23-19(25)13-24(3)29(27,28)16-11-9-15(21)10-12-16/h5-12,14H,4,13H2,1-3H3,(H,22,26)(H,23,25)/t14-/m1/s1. The molecule has 0 unspecified atom stereocenters. The van der Waals surface area contributed by atoms with Gasteiger partial charge in [-0.3, -0.25) is 9.59 Å². The van der Waals surface area contributed by atoms with Crippen LogP contribution in [0.4, 0.5) is 5.69 Å². The molecule has 0 saturated carbocycles. The largest absolute Gasteiger partial charge is 0.350 e. The van der Waals surface area contributed by atoms with Gasteiger partial charge in [0.2, 0.25) is 15.9 Å². The molecular weight excluding hydrogens is 414 g/mol. The van der Waals surface area contributed by atoms with E-state index >= 15 is 0 Å². The predicted octanol–water partition coefficient (Wildman–Crippen LogP) is 3.13. The molecule has 0 aromatic heterocycles. The van der Waals surface area contributed by atoms with Crippen LogP contribution in [-0.2, 0) is 14.8 Å². The molecule has 1 atom stereocenters. The molecular formula is C20H24ClN3O4S. The first-order valence-electron chi connectivity index (χ1n) is 9.06. The fourth-order valence-electron chi connectivity index (χ4n) is 2.46. The topological polar surface area (TPSA) is 95.6 Å². The summed E-state index contributed by atoms with van der Waals surface area (Å²) in [5.74, 6) is -0.869. The zero-order valence-electron chi connectivity index (χ0n) is 16.5. The molecule has 0 aliphatic heterocycles. The van der Waals surface area contributed by atoms with Gasteiger partial charge in [0.15, 0.2) is 0 Å². The van der Waals surface area contributed by atoms with E-state index in [1.165, 1.54) is 31.3 Å². The Morgan fingerprint density at radius 3 is 2.34 bits per heavy atom. The minimum Gasteiger partial charge on any atom is -0.350 e. The Hall–Kier alpha value is -2.42. The number of halogens is 1. The lowest BCUT2D eigenvalue weighted by molar-refractivity contribution is -0.116. The molecule has 2 aromatic carbocycles. The third kappa shape index (κ3) is 6.03. The van der Waals surface area contributed by atoms with Gasteiger partial charge in [0.05, 0.1) is 22.7 Å². The van der Waals surface area contributed by atoms with Crippen LogP contribution in [0, 0.1) is 0 Å². The third-order valence-electron chi connectivity index (χ3n) is 4.32. The Morgan fingerprint density at radius 1 is 1.10 bits per heavy atom. The van der Waals surface area contributed by atoms with Crippen molar-refractivity contribution < 1.29 is 18.0 Å². The van der Waals surface area contributed by atoms with E-state index in [1.54, 1.807) is 24.3 Å². The Balaban J connectivity index is 2.11.